The molecule has 3 N–H and O–H groups in total. The summed E-state index contributed by atoms with van der Waals surface area (Å²) < 4.78 is 12.9. The fourth-order valence-electron chi connectivity index (χ4n) is 2.86. The minimum Gasteiger partial charge on any atom is -0.335 e. The summed E-state index contributed by atoms with van der Waals surface area (Å²) in [5, 5.41) is 5.39. The smallest absolute Gasteiger partial charge is 0.273 e. The summed E-state index contributed by atoms with van der Waals surface area (Å²) in [4.78, 5) is 32.7. The molecule has 1 aliphatic rings. The lowest BCUT2D eigenvalue weighted by Crippen LogP contribution is -2.50. The Bertz CT molecular complexity index is 798. The van der Waals surface area contributed by atoms with Crippen molar-refractivity contribution in [2.24, 2.45) is 5.73 Å². The standard InChI is InChI=1S/C18H22FN5O2S.2ClH/c19-13-1-3-14(4-2-13)21-16(25)11-23-7-9-24(10-8-23)18(26)15-12-27-17(22-15)5-6-20;;/h1-4,12H,5-11,20H2,(H,21,25);2*1H. The van der Waals surface area contributed by atoms with Gasteiger partial charge in [-0.3, -0.25) is 14.5 Å². The van der Waals surface area contributed by atoms with Crippen molar-refractivity contribution < 1.29 is 14.0 Å². The highest BCUT2D eigenvalue weighted by atomic mass is 35.5. The topological polar surface area (TPSA) is 91.6 Å². The quantitative estimate of drug-likeness (QED) is 0.683. The fourth-order valence-corrected chi connectivity index (χ4v) is 3.64. The van der Waals surface area contributed by atoms with E-state index in [1.54, 1.807) is 10.3 Å². The molecule has 0 aliphatic carbocycles. The van der Waals surface area contributed by atoms with Crippen molar-refractivity contribution in [2.75, 3.05) is 44.6 Å². The zero-order valence-electron chi connectivity index (χ0n) is 15.7. The highest BCUT2D eigenvalue weighted by molar-refractivity contribution is 7.09. The molecule has 2 heterocycles. The van der Waals surface area contributed by atoms with Crippen LogP contribution in [-0.4, -0.2) is 65.9 Å². The first-order valence-electron chi connectivity index (χ1n) is 8.76. The molecule has 29 heavy (non-hydrogen) atoms. The molecule has 0 unspecified atom stereocenters. The fraction of sp³-hybridized carbons (Fsp3) is 0.389. The molecule has 0 radical (unpaired) electrons. The van der Waals surface area contributed by atoms with Crippen molar-refractivity contribution >= 4 is 53.7 Å². The predicted octanol–water partition coefficient (Wildman–Crippen LogP) is 2.02. The third-order valence-corrected chi connectivity index (χ3v) is 5.19. The molecular weight excluding hydrogens is 440 g/mol. The van der Waals surface area contributed by atoms with Gasteiger partial charge in [0, 0.05) is 43.7 Å². The Hall–Kier alpha value is -1.78. The molecule has 3 rings (SSSR count). The molecule has 1 fully saturated rings. The second-order valence-electron chi connectivity index (χ2n) is 6.29. The van der Waals surface area contributed by atoms with Crippen LogP contribution < -0.4 is 11.1 Å². The van der Waals surface area contributed by atoms with Crippen molar-refractivity contribution in [3.63, 3.8) is 0 Å². The number of piperazine rings is 1. The maximum absolute atomic E-state index is 12.9. The molecule has 7 nitrogen and oxygen atoms in total. The molecular formula is C18H24Cl2FN5O2S. The number of hydrogen-bond acceptors (Lipinski definition) is 6. The Morgan fingerprint density at radius 2 is 1.79 bits per heavy atom. The number of thiazole rings is 1. The average molecular weight is 464 g/mol. The van der Waals surface area contributed by atoms with Crippen molar-refractivity contribution in [3.05, 3.63) is 46.2 Å². The highest BCUT2D eigenvalue weighted by Crippen LogP contribution is 2.14. The summed E-state index contributed by atoms with van der Waals surface area (Å²) in [5.74, 6) is -0.582. The second kappa shape index (κ2) is 12.0. The van der Waals surface area contributed by atoms with Crippen LogP contribution in [0.5, 0.6) is 0 Å². The predicted molar refractivity (Wildman–Crippen MR) is 117 cm³/mol. The van der Waals surface area contributed by atoms with Crippen molar-refractivity contribution in [1.82, 2.24) is 14.8 Å². The number of carbonyl (C=O) groups excluding carboxylic acids is 2. The monoisotopic (exact) mass is 463 g/mol. The van der Waals surface area contributed by atoms with E-state index in [2.05, 4.69) is 10.3 Å². The van der Waals surface area contributed by atoms with E-state index in [4.69, 9.17) is 5.73 Å². The highest BCUT2D eigenvalue weighted by Gasteiger charge is 2.24. The third kappa shape index (κ3) is 7.20. The lowest BCUT2D eigenvalue weighted by atomic mass is 10.2. The second-order valence-corrected chi connectivity index (χ2v) is 7.23. The number of nitrogens with one attached hydrogen (secondary N) is 1. The van der Waals surface area contributed by atoms with Crippen LogP contribution in [0, 0.1) is 5.82 Å². The van der Waals surface area contributed by atoms with E-state index in [-0.39, 0.29) is 49.0 Å². The Morgan fingerprint density at radius 1 is 1.14 bits per heavy atom. The van der Waals surface area contributed by atoms with Gasteiger partial charge >= 0.3 is 0 Å². The van der Waals surface area contributed by atoms with Crippen LogP contribution in [0.25, 0.3) is 0 Å². The summed E-state index contributed by atoms with van der Waals surface area (Å²) in [6.45, 7) is 3.07. The molecule has 1 aliphatic heterocycles. The zero-order chi connectivity index (χ0) is 19.2. The molecule has 2 amide bonds. The summed E-state index contributed by atoms with van der Waals surface area (Å²) in [6.07, 6.45) is 0.675. The molecule has 0 bridgehead atoms. The third-order valence-electron chi connectivity index (χ3n) is 4.28. The number of halogens is 3. The van der Waals surface area contributed by atoms with Gasteiger partial charge in [-0.25, -0.2) is 9.37 Å². The van der Waals surface area contributed by atoms with Gasteiger partial charge in [0.25, 0.3) is 5.91 Å². The number of nitrogens with zero attached hydrogens (tertiary/aromatic N) is 3. The average Bonchev–Trinajstić information content (AvgIpc) is 3.13. The number of amides is 2. The van der Waals surface area contributed by atoms with Crippen LogP contribution in [0.2, 0.25) is 0 Å². The van der Waals surface area contributed by atoms with Crippen LogP contribution in [0.4, 0.5) is 10.1 Å². The van der Waals surface area contributed by atoms with Gasteiger partial charge in [0.1, 0.15) is 11.5 Å². The molecule has 11 heteroatoms. The van der Waals surface area contributed by atoms with Crippen molar-refractivity contribution in [1.29, 1.82) is 0 Å². The van der Waals surface area contributed by atoms with Gasteiger partial charge in [-0.15, -0.1) is 36.2 Å². The maximum Gasteiger partial charge on any atom is 0.273 e. The molecule has 0 saturated carbocycles. The number of rotatable bonds is 6. The molecule has 1 aromatic carbocycles. The zero-order valence-corrected chi connectivity index (χ0v) is 18.1. The minimum absolute atomic E-state index is 0. The van der Waals surface area contributed by atoms with Gasteiger partial charge in [0.15, 0.2) is 0 Å². The molecule has 0 spiro atoms. The Balaban J connectivity index is 0.00000210. The van der Waals surface area contributed by atoms with E-state index in [9.17, 15) is 14.0 Å². The first-order valence-corrected chi connectivity index (χ1v) is 9.64. The van der Waals surface area contributed by atoms with E-state index in [0.29, 0.717) is 50.5 Å². The Kier molecular flexibility index (Phi) is 10.5. The largest absolute Gasteiger partial charge is 0.335 e. The lowest BCUT2D eigenvalue weighted by molar-refractivity contribution is -0.117. The Morgan fingerprint density at radius 3 is 2.41 bits per heavy atom. The summed E-state index contributed by atoms with van der Waals surface area (Å²) in [5.41, 5.74) is 6.54. The van der Waals surface area contributed by atoms with Gasteiger partial charge in [-0.2, -0.15) is 0 Å². The Labute approximate surface area is 185 Å². The van der Waals surface area contributed by atoms with Crippen LogP contribution >= 0.6 is 36.2 Å². The van der Waals surface area contributed by atoms with E-state index >= 15 is 0 Å². The van der Waals surface area contributed by atoms with Crippen LogP contribution in [0.15, 0.2) is 29.6 Å². The number of anilines is 1. The summed E-state index contributed by atoms with van der Waals surface area (Å²) >= 11 is 1.45. The van der Waals surface area contributed by atoms with Crippen LogP contribution in [0.3, 0.4) is 0 Å². The van der Waals surface area contributed by atoms with Gasteiger partial charge in [-0.05, 0) is 30.8 Å². The summed E-state index contributed by atoms with van der Waals surface area (Å²) in [7, 11) is 0. The normalized spacial score (nSPS) is 13.9. The van der Waals surface area contributed by atoms with Gasteiger partial charge in [-0.1, -0.05) is 0 Å². The number of benzene rings is 1. The van der Waals surface area contributed by atoms with E-state index in [0.717, 1.165) is 5.01 Å². The number of nitrogens with two attached hydrogens (primary N) is 1. The first kappa shape index (κ1) is 25.3. The number of aromatic nitrogens is 1. The molecule has 160 valence electrons. The maximum atomic E-state index is 12.9. The lowest BCUT2D eigenvalue weighted by Gasteiger charge is -2.33. The molecule has 2 aromatic rings. The minimum atomic E-state index is -0.343. The van der Waals surface area contributed by atoms with Crippen molar-refractivity contribution in [2.45, 2.75) is 6.42 Å². The number of carbonyl (C=O) groups is 2. The van der Waals surface area contributed by atoms with Crippen molar-refractivity contribution in [3.8, 4) is 0 Å². The first-order chi connectivity index (χ1) is 13.0. The molecule has 0 atom stereocenters. The van der Waals surface area contributed by atoms with Gasteiger partial charge in [0.2, 0.25) is 5.91 Å². The number of hydrogen-bond donors (Lipinski definition) is 2. The van der Waals surface area contributed by atoms with E-state index < -0.39 is 0 Å². The van der Waals surface area contributed by atoms with Crippen LogP contribution in [0.1, 0.15) is 15.5 Å². The van der Waals surface area contributed by atoms with Gasteiger partial charge in [0.05, 0.1) is 11.6 Å². The molecule has 1 saturated heterocycles. The summed E-state index contributed by atoms with van der Waals surface area (Å²) in [6, 6.07) is 5.65. The van der Waals surface area contributed by atoms with E-state index in [1.165, 1.54) is 35.6 Å². The van der Waals surface area contributed by atoms with Gasteiger partial charge < -0.3 is 16.0 Å². The molecule has 1 aromatic heterocycles. The SMILES string of the molecule is Cl.Cl.NCCc1nc(C(=O)N2CCN(CC(=O)Nc3ccc(F)cc3)CC2)cs1. The van der Waals surface area contributed by atoms with Crippen LogP contribution in [-0.2, 0) is 11.2 Å². The van der Waals surface area contributed by atoms with E-state index in [1.807, 2.05) is 4.90 Å².